The third kappa shape index (κ3) is 14.4. The number of rotatable bonds is 12. The van der Waals surface area contributed by atoms with Gasteiger partial charge in [-0.2, -0.15) is 0 Å². The van der Waals surface area contributed by atoms with Gasteiger partial charge in [0.25, 0.3) is 0 Å². The predicted octanol–water partition coefficient (Wildman–Crippen LogP) is 18.3. The van der Waals surface area contributed by atoms with E-state index in [4.69, 9.17) is 129 Å². The second-order valence-electron chi connectivity index (χ2n) is 21.4. The summed E-state index contributed by atoms with van der Waals surface area (Å²) >= 11 is 47.9. The van der Waals surface area contributed by atoms with Gasteiger partial charge in [0.1, 0.15) is 104 Å². The molecule has 30 heteroatoms. The summed E-state index contributed by atoms with van der Waals surface area (Å²) in [7, 11) is 0. The minimum absolute atomic E-state index is 0.0260. The number of cyclic esters (lactones) is 4. The van der Waals surface area contributed by atoms with Crippen molar-refractivity contribution in [3.05, 3.63) is 279 Å². The maximum Gasteiger partial charge on any atom is 0.343 e. The molecular weight excluding hydrogens is 1440 g/mol. The molecule has 0 saturated carbocycles. The second-order valence-corrected chi connectivity index (χ2v) is 24.4. The van der Waals surface area contributed by atoms with Gasteiger partial charge in [0.05, 0.1) is 30.1 Å². The van der Waals surface area contributed by atoms with E-state index >= 15 is 0 Å². The van der Waals surface area contributed by atoms with E-state index in [1.807, 2.05) is 30.3 Å². The van der Waals surface area contributed by atoms with Crippen LogP contribution in [-0.4, -0.2) is 63.7 Å². The van der Waals surface area contributed by atoms with Crippen LogP contribution >= 0.6 is 92.8 Å². The van der Waals surface area contributed by atoms with Crippen molar-refractivity contribution in [1.82, 2.24) is 39.9 Å². The molecule has 0 aliphatic carbocycles. The van der Waals surface area contributed by atoms with Crippen molar-refractivity contribution >= 4 is 117 Å². The summed E-state index contributed by atoms with van der Waals surface area (Å²) < 4.78 is 70.0. The van der Waals surface area contributed by atoms with Gasteiger partial charge in [-0.15, -0.1) is 0 Å². The molecule has 20 nitrogen and oxygen atoms in total. The summed E-state index contributed by atoms with van der Waals surface area (Å²) in [6.07, 6.45) is 4.80. The zero-order valence-corrected chi connectivity index (χ0v) is 55.5. The first-order chi connectivity index (χ1) is 47.3. The highest BCUT2D eigenvalue weighted by Gasteiger charge is 2.42. The van der Waals surface area contributed by atoms with Crippen molar-refractivity contribution in [2.45, 2.75) is 50.1 Å². The largest absolute Gasteiger partial charge is 0.463 e. The fourth-order valence-electron chi connectivity index (χ4n) is 10.9. The van der Waals surface area contributed by atoms with Crippen LogP contribution in [0.2, 0.25) is 41.2 Å². The standard InChI is InChI=1S/2C17H9Cl2FN2O3.2C17H10Cl2N2O3/c18-10-7-9(20)4-3-8(10)6-12-15-13(16(23)25-12)14(21-17(19)22-15)11-2-1-5-24-11;18-9-4-3-8(6-10(9)20)7-12-15-13(16(23)25-12)14(21-17(19)22-15)11-2-1-5-24-11;18-10-5-3-9(4-6-10)8-12-15-13(16(22)24-12)14(20-17(19)21-15)11-2-1-7-23-11;18-10-5-2-1-4-9(10)8-12-15-13(16(22)24-12)14(20-17(19)21-15)11-6-3-7-23-11/h1-5,7,12H,6H2;1-6,12H,7H2;2*1-7,12H,8H2. The number of carbonyl (C=O) groups is 4. The Morgan fingerprint density at radius 2 is 0.694 bits per heavy atom. The van der Waals surface area contributed by atoms with Crippen LogP contribution in [-0.2, 0) is 44.6 Å². The predicted molar refractivity (Wildman–Crippen MR) is 352 cm³/mol. The minimum Gasteiger partial charge on any atom is -0.463 e. The number of furan rings is 4. The zero-order valence-electron chi connectivity index (χ0n) is 49.4. The Hall–Kier alpha value is -9.62. The van der Waals surface area contributed by atoms with Crippen LogP contribution in [0.3, 0.4) is 0 Å². The lowest BCUT2D eigenvalue weighted by Gasteiger charge is -2.11. The Morgan fingerprint density at radius 3 is 1.05 bits per heavy atom. The maximum absolute atomic E-state index is 13.6. The Balaban J connectivity index is 0.000000118. The molecule has 16 rings (SSSR count). The van der Waals surface area contributed by atoms with E-state index < -0.39 is 59.9 Å². The third-order valence-corrected chi connectivity index (χ3v) is 17.2. The van der Waals surface area contributed by atoms with Gasteiger partial charge in [-0.1, -0.05) is 88.9 Å². The second kappa shape index (κ2) is 28.8. The molecule has 12 heterocycles. The van der Waals surface area contributed by atoms with Gasteiger partial charge in [-0.3, -0.25) is 0 Å². The highest BCUT2D eigenvalue weighted by Crippen LogP contribution is 2.43. The number of hydrogen-bond acceptors (Lipinski definition) is 20. The molecule has 0 N–H and O–H groups in total. The number of ether oxygens (including phenoxy) is 4. The molecule has 0 bridgehead atoms. The van der Waals surface area contributed by atoms with Crippen molar-refractivity contribution in [1.29, 1.82) is 0 Å². The summed E-state index contributed by atoms with van der Waals surface area (Å²) in [5, 5.41) is 1.53. The van der Waals surface area contributed by atoms with Crippen LogP contribution in [0.25, 0.3) is 45.8 Å². The summed E-state index contributed by atoms with van der Waals surface area (Å²) in [6.45, 7) is 0. The van der Waals surface area contributed by atoms with Crippen LogP contribution in [0.5, 0.6) is 0 Å². The van der Waals surface area contributed by atoms with Gasteiger partial charge >= 0.3 is 23.9 Å². The average molecular weight is 1480 g/mol. The SMILES string of the molecule is O=C1OC(Cc2ccc(Cl)c(F)c2)c2nc(Cl)nc(-c3ccco3)c21.O=C1OC(Cc2ccc(Cl)cc2)c2nc(Cl)nc(-c3ccco3)c21.O=C1OC(Cc2ccc(F)cc2Cl)c2nc(Cl)nc(-c3ccco3)c21.O=C1OC(Cc2ccccc2Cl)c2nc(Cl)nc(-c3ccco3)c21. The third-order valence-electron chi connectivity index (χ3n) is 15.2. The van der Waals surface area contributed by atoms with Crippen molar-refractivity contribution in [3.8, 4) is 45.8 Å². The summed E-state index contributed by atoms with van der Waals surface area (Å²) in [5.74, 6) is -1.45. The van der Waals surface area contributed by atoms with Crippen LogP contribution in [0.15, 0.2) is 176 Å². The quantitative estimate of drug-likeness (QED) is 0.0625. The fraction of sp³-hybridized carbons (Fsp3) is 0.118. The zero-order chi connectivity index (χ0) is 68.5. The van der Waals surface area contributed by atoms with E-state index in [1.165, 1.54) is 49.3 Å². The minimum atomic E-state index is -0.697. The van der Waals surface area contributed by atoms with E-state index in [1.54, 1.807) is 78.9 Å². The van der Waals surface area contributed by atoms with Gasteiger partial charge in [-0.25, -0.2) is 67.8 Å². The Labute approximate surface area is 591 Å². The monoisotopic (exact) mass is 1480 g/mol. The number of aromatic nitrogens is 8. The molecule has 98 heavy (non-hydrogen) atoms. The maximum atomic E-state index is 13.6. The highest BCUT2D eigenvalue weighted by molar-refractivity contribution is 6.32. The van der Waals surface area contributed by atoms with Crippen LogP contribution in [0.4, 0.5) is 8.78 Å². The highest BCUT2D eigenvalue weighted by atomic mass is 35.5. The van der Waals surface area contributed by atoms with Gasteiger partial charge in [0.2, 0.25) is 21.1 Å². The number of benzene rings is 4. The van der Waals surface area contributed by atoms with Crippen molar-refractivity contribution in [2.24, 2.45) is 0 Å². The molecule has 4 aliphatic heterocycles. The first kappa shape index (κ1) is 67.0. The molecule has 4 aliphatic rings. The van der Waals surface area contributed by atoms with Crippen molar-refractivity contribution in [3.63, 3.8) is 0 Å². The van der Waals surface area contributed by atoms with E-state index in [0.717, 1.165) is 11.1 Å². The number of esters is 4. The van der Waals surface area contributed by atoms with Gasteiger partial charge in [0.15, 0.2) is 23.0 Å². The molecule has 4 atom stereocenters. The number of halogens is 10. The number of nitrogens with zero attached hydrogens (tertiary/aromatic N) is 8. The first-order valence-corrected chi connectivity index (χ1v) is 32.0. The van der Waals surface area contributed by atoms with Gasteiger partial charge in [-0.05, 0) is 160 Å². The Bertz CT molecular complexity index is 5040. The van der Waals surface area contributed by atoms with Gasteiger partial charge in [0, 0.05) is 40.8 Å². The molecule has 4 aromatic carbocycles. The van der Waals surface area contributed by atoms with Crippen LogP contribution in [0, 0.1) is 11.6 Å². The smallest absolute Gasteiger partial charge is 0.343 e. The fourth-order valence-corrected chi connectivity index (χ4v) is 12.3. The van der Waals surface area contributed by atoms with Crippen molar-refractivity contribution < 1.29 is 64.6 Å². The average Bonchev–Trinajstić information content (AvgIpc) is 1.69. The van der Waals surface area contributed by atoms with Crippen LogP contribution in [0.1, 0.15) is 111 Å². The lowest BCUT2D eigenvalue weighted by molar-refractivity contribution is 0.0373. The van der Waals surface area contributed by atoms with E-state index in [-0.39, 0.29) is 72.1 Å². The topological polar surface area (TPSA) is 261 Å². The lowest BCUT2D eigenvalue weighted by Crippen LogP contribution is -2.05. The normalized spacial score (nSPS) is 16.0. The summed E-state index contributed by atoms with van der Waals surface area (Å²) in [6, 6.07) is 36.7. The van der Waals surface area contributed by atoms with Gasteiger partial charge < -0.3 is 36.6 Å². The van der Waals surface area contributed by atoms with E-state index in [2.05, 4.69) is 39.9 Å². The van der Waals surface area contributed by atoms with Crippen molar-refractivity contribution in [2.75, 3.05) is 0 Å². The summed E-state index contributed by atoms with van der Waals surface area (Å²) in [4.78, 5) is 82.5. The molecule has 0 saturated heterocycles. The van der Waals surface area contributed by atoms with E-state index in [9.17, 15) is 28.0 Å². The number of carbonyl (C=O) groups excluding carboxylic acids is 4. The molecule has 492 valence electrons. The molecule has 12 aromatic rings. The molecule has 0 radical (unpaired) electrons. The lowest BCUT2D eigenvalue weighted by atomic mass is 10.0. The Kier molecular flexibility index (Phi) is 19.7. The molecular formula is C68H38Cl8F2N8O12. The van der Waals surface area contributed by atoms with Crippen LogP contribution < -0.4 is 0 Å². The number of hydrogen-bond donors (Lipinski definition) is 0. The summed E-state index contributed by atoms with van der Waals surface area (Å²) in [5.41, 5.74) is 6.94. The molecule has 0 amide bonds. The molecule has 4 unspecified atom stereocenters. The Morgan fingerprint density at radius 1 is 0.337 bits per heavy atom. The molecule has 0 fully saturated rings. The molecule has 0 spiro atoms. The first-order valence-electron chi connectivity index (χ1n) is 29.0. The van der Waals surface area contributed by atoms with E-state index in [0.29, 0.717) is 96.8 Å². The number of fused-ring (bicyclic) bond motifs is 4. The molecule has 8 aromatic heterocycles.